The minimum atomic E-state index is 0.694. The van der Waals surface area contributed by atoms with Crippen LogP contribution in [0.15, 0.2) is 0 Å². The molecule has 4 heteroatoms. The van der Waals surface area contributed by atoms with Crippen LogP contribution >= 0.6 is 57.1 Å². The SMILES string of the molecule is Cc1sc(I)c(Cl)c1Cl. The van der Waals surface area contributed by atoms with Crippen molar-refractivity contribution in [3.8, 4) is 0 Å². The number of aryl methyl sites for hydroxylation is 1. The first kappa shape index (κ1) is 8.11. The average molecular weight is 293 g/mol. The molecule has 0 aromatic carbocycles. The normalized spacial score (nSPS) is 10.2. The lowest BCUT2D eigenvalue weighted by atomic mass is 10.5. The van der Waals surface area contributed by atoms with Gasteiger partial charge >= 0.3 is 0 Å². The van der Waals surface area contributed by atoms with E-state index in [1.165, 1.54) is 0 Å². The molecule has 1 heterocycles. The predicted molar refractivity (Wildman–Crippen MR) is 51.8 cm³/mol. The molecule has 0 unspecified atom stereocenters. The molecule has 0 saturated heterocycles. The maximum absolute atomic E-state index is 5.77. The summed E-state index contributed by atoms with van der Waals surface area (Å²) in [4.78, 5) is 1.09. The zero-order valence-electron chi connectivity index (χ0n) is 4.54. The molecule has 0 nitrogen and oxygen atoms in total. The Morgan fingerprint density at radius 3 is 2.00 bits per heavy atom. The van der Waals surface area contributed by atoms with Crippen molar-refractivity contribution in [2.45, 2.75) is 6.92 Å². The van der Waals surface area contributed by atoms with E-state index in [1.54, 1.807) is 11.3 Å². The fourth-order valence-electron chi connectivity index (χ4n) is 0.465. The first-order valence-corrected chi connectivity index (χ1v) is 4.88. The first-order chi connectivity index (χ1) is 4.13. The van der Waals surface area contributed by atoms with Crippen LogP contribution in [0.4, 0.5) is 0 Å². The molecule has 0 amide bonds. The molecule has 50 valence electrons. The van der Waals surface area contributed by atoms with Gasteiger partial charge in [-0.2, -0.15) is 0 Å². The summed E-state index contributed by atoms with van der Waals surface area (Å²) in [5.74, 6) is 0. The molecule has 0 saturated carbocycles. The van der Waals surface area contributed by atoms with Crippen molar-refractivity contribution in [2.24, 2.45) is 0 Å². The highest BCUT2D eigenvalue weighted by atomic mass is 127. The average Bonchev–Trinajstić information content (AvgIpc) is 1.98. The van der Waals surface area contributed by atoms with Crippen LogP contribution in [-0.4, -0.2) is 0 Å². The van der Waals surface area contributed by atoms with Crippen molar-refractivity contribution in [1.29, 1.82) is 0 Å². The van der Waals surface area contributed by atoms with Crippen LogP contribution < -0.4 is 0 Å². The van der Waals surface area contributed by atoms with Crippen molar-refractivity contribution in [2.75, 3.05) is 0 Å². The number of rotatable bonds is 0. The van der Waals surface area contributed by atoms with Crippen LogP contribution in [0.3, 0.4) is 0 Å². The summed E-state index contributed by atoms with van der Waals surface area (Å²) in [7, 11) is 0. The molecule has 1 aromatic rings. The molecule has 0 fully saturated rings. The summed E-state index contributed by atoms with van der Waals surface area (Å²) in [5, 5.41) is 1.39. The Bertz CT molecular complexity index is 209. The molecule has 0 bridgehead atoms. The van der Waals surface area contributed by atoms with E-state index in [2.05, 4.69) is 22.6 Å². The van der Waals surface area contributed by atoms with Gasteiger partial charge in [0.2, 0.25) is 0 Å². The van der Waals surface area contributed by atoms with Gasteiger partial charge in [0, 0.05) is 4.88 Å². The molecule has 0 N–H and O–H groups in total. The van der Waals surface area contributed by atoms with E-state index in [0.29, 0.717) is 10.0 Å². The van der Waals surface area contributed by atoms with E-state index < -0.39 is 0 Å². The third-order valence-corrected chi connectivity index (χ3v) is 4.50. The number of halogens is 3. The molecular formula is C5H3Cl2IS. The fourth-order valence-corrected chi connectivity index (χ4v) is 3.12. The Kier molecular flexibility index (Phi) is 2.65. The predicted octanol–water partition coefficient (Wildman–Crippen LogP) is 3.97. The van der Waals surface area contributed by atoms with Crippen LogP contribution in [0.5, 0.6) is 0 Å². The van der Waals surface area contributed by atoms with Gasteiger partial charge < -0.3 is 0 Å². The molecule has 9 heavy (non-hydrogen) atoms. The number of hydrogen-bond donors (Lipinski definition) is 0. The molecule has 0 atom stereocenters. The lowest BCUT2D eigenvalue weighted by molar-refractivity contribution is 1.64. The summed E-state index contributed by atoms with van der Waals surface area (Å²) in [5.41, 5.74) is 0. The van der Waals surface area contributed by atoms with E-state index in [1.807, 2.05) is 6.92 Å². The van der Waals surface area contributed by atoms with E-state index in [9.17, 15) is 0 Å². The standard InChI is InChI=1S/C5H3Cl2IS/c1-2-3(6)4(7)5(8)9-2/h1H3. The van der Waals surface area contributed by atoms with E-state index in [-0.39, 0.29) is 0 Å². The zero-order valence-corrected chi connectivity index (χ0v) is 9.03. The Hall–Kier alpha value is 1.01. The molecule has 0 aliphatic rings. The summed E-state index contributed by atoms with van der Waals surface area (Å²) in [6, 6.07) is 0. The smallest absolute Gasteiger partial charge is 0.0858 e. The van der Waals surface area contributed by atoms with Gasteiger partial charge in [-0.3, -0.25) is 0 Å². The third-order valence-electron chi connectivity index (χ3n) is 0.917. The summed E-state index contributed by atoms with van der Waals surface area (Å²) in [6.45, 7) is 1.96. The van der Waals surface area contributed by atoms with Crippen LogP contribution in [-0.2, 0) is 0 Å². The second kappa shape index (κ2) is 2.95. The van der Waals surface area contributed by atoms with Crippen molar-refractivity contribution >= 4 is 57.1 Å². The van der Waals surface area contributed by atoms with Gasteiger partial charge in [0.15, 0.2) is 0 Å². The molecule has 0 aliphatic heterocycles. The molecular weight excluding hydrogens is 290 g/mol. The summed E-state index contributed by atoms with van der Waals surface area (Å²) < 4.78 is 1.07. The van der Waals surface area contributed by atoms with E-state index >= 15 is 0 Å². The van der Waals surface area contributed by atoms with Gasteiger partial charge in [-0.15, -0.1) is 11.3 Å². The summed E-state index contributed by atoms with van der Waals surface area (Å²) >= 11 is 15.3. The minimum absolute atomic E-state index is 0.694. The van der Waals surface area contributed by atoms with Crippen LogP contribution in [0.25, 0.3) is 0 Å². The second-order valence-electron chi connectivity index (χ2n) is 1.56. The van der Waals surface area contributed by atoms with Crippen molar-refractivity contribution < 1.29 is 0 Å². The first-order valence-electron chi connectivity index (χ1n) is 2.23. The Labute approximate surface area is 81.3 Å². The Balaban J connectivity index is 3.29. The molecule has 1 rings (SSSR count). The molecule has 0 aliphatic carbocycles. The van der Waals surface area contributed by atoms with Gasteiger partial charge in [0.25, 0.3) is 0 Å². The summed E-state index contributed by atoms with van der Waals surface area (Å²) in [6.07, 6.45) is 0. The number of hydrogen-bond acceptors (Lipinski definition) is 1. The maximum Gasteiger partial charge on any atom is 0.0858 e. The monoisotopic (exact) mass is 292 g/mol. The van der Waals surface area contributed by atoms with Gasteiger partial charge in [-0.25, -0.2) is 0 Å². The van der Waals surface area contributed by atoms with E-state index in [0.717, 1.165) is 7.76 Å². The number of thiophene rings is 1. The highest BCUT2D eigenvalue weighted by molar-refractivity contribution is 14.1. The van der Waals surface area contributed by atoms with Gasteiger partial charge in [-0.1, -0.05) is 23.2 Å². The lowest BCUT2D eigenvalue weighted by Crippen LogP contribution is -1.59. The second-order valence-corrected chi connectivity index (χ2v) is 5.35. The highest BCUT2D eigenvalue weighted by Gasteiger charge is 2.08. The van der Waals surface area contributed by atoms with Gasteiger partial charge in [0.05, 0.1) is 12.9 Å². The molecule has 0 radical (unpaired) electrons. The van der Waals surface area contributed by atoms with Crippen molar-refractivity contribution in [3.63, 3.8) is 0 Å². The maximum atomic E-state index is 5.77. The van der Waals surface area contributed by atoms with Crippen molar-refractivity contribution in [1.82, 2.24) is 0 Å². The van der Waals surface area contributed by atoms with Crippen LogP contribution in [0.1, 0.15) is 4.88 Å². The quantitative estimate of drug-likeness (QED) is 0.635. The lowest BCUT2D eigenvalue weighted by Gasteiger charge is -1.82. The van der Waals surface area contributed by atoms with Crippen LogP contribution in [0.2, 0.25) is 10.0 Å². The van der Waals surface area contributed by atoms with Gasteiger partial charge in [-0.05, 0) is 29.5 Å². The van der Waals surface area contributed by atoms with E-state index in [4.69, 9.17) is 23.2 Å². The zero-order chi connectivity index (χ0) is 7.02. The van der Waals surface area contributed by atoms with Crippen LogP contribution in [0, 0.1) is 9.81 Å². The Morgan fingerprint density at radius 2 is 1.89 bits per heavy atom. The Morgan fingerprint density at radius 1 is 1.33 bits per heavy atom. The minimum Gasteiger partial charge on any atom is -0.131 e. The highest BCUT2D eigenvalue weighted by Crippen LogP contribution is 2.36. The fraction of sp³-hybridized carbons (Fsp3) is 0.200. The molecule has 0 spiro atoms. The van der Waals surface area contributed by atoms with Gasteiger partial charge in [0.1, 0.15) is 0 Å². The third kappa shape index (κ3) is 1.53. The topological polar surface area (TPSA) is 0 Å². The van der Waals surface area contributed by atoms with Crippen molar-refractivity contribution in [3.05, 3.63) is 17.8 Å². The molecule has 1 aromatic heterocycles. The largest absolute Gasteiger partial charge is 0.131 e.